The first-order valence-corrected chi connectivity index (χ1v) is 33.8. The predicted octanol–water partition coefficient (Wildman–Crippen LogP) is 2.05. The Bertz CT molecular complexity index is 1760. The standard InChI is InChI=1S/C40H75N5O15.C26H49NO9/c1-5-40(31-58-20-8-34(46)7-6-19-55-21-9-35(47)41-14-26-52-2,32-59-24-12-38(50)44-17-29-56-22-10-36(48)42-15-27-53-3)33-60-25-13-39(51)45-18-30-57-23-11-37(49)43-16-28-54-4;1-5-26(20-34-16-10-23(28)8-6-14-31-2,21-35-17-11-24(29)9-7-15-32-3)22-36-18-12-25(30)27-13-19-33-4/h5-33H2,1-4H3,(H,41,47)(H,42,48)(H,43,49)(H,44,50)(H,45,51);5-22H2,1-4H3,(H,27,30). The molecule has 0 spiro atoms. The maximum atomic E-state index is 12.5. The van der Waals surface area contributed by atoms with E-state index in [1.165, 1.54) is 0 Å². The van der Waals surface area contributed by atoms with E-state index in [-0.39, 0.29) is 177 Å². The smallest absolute Gasteiger partial charge is 0.222 e. The van der Waals surface area contributed by atoms with Crippen LogP contribution >= 0.6 is 0 Å². The fraction of sp³-hybridized carbons (Fsp3) is 0.864. The molecule has 0 unspecified atom stereocenters. The molecule has 0 aliphatic carbocycles. The van der Waals surface area contributed by atoms with Crippen LogP contribution in [0.5, 0.6) is 0 Å². The van der Waals surface area contributed by atoms with Crippen LogP contribution in [0.4, 0.5) is 0 Å². The number of hydrogen-bond donors (Lipinski definition) is 6. The zero-order valence-corrected chi connectivity index (χ0v) is 59.5. The fourth-order valence-electron chi connectivity index (χ4n) is 8.25. The van der Waals surface area contributed by atoms with Crippen molar-refractivity contribution in [1.29, 1.82) is 0 Å². The van der Waals surface area contributed by atoms with Crippen LogP contribution in [-0.2, 0) is 114 Å². The molecule has 562 valence electrons. The van der Waals surface area contributed by atoms with Crippen molar-refractivity contribution >= 4 is 52.8 Å². The van der Waals surface area contributed by atoms with Gasteiger partial charge in [0, 0.05) is 190 Å². The van der Waals surface area contributed by atoms with Crippen LogP contribution in [0.3, 0.4) is 0 Å². The van der Waals surface area contributed by atoms with E-state index in [0.717, 1.165) is 6.42 Å². The number of amides is 6. The Morgan fingerprint density at radius 1 is 0.229 bits per heavy atom. The summed E-state index contributed by atoms with van der Waals surface area (Å²) >= 11 is 0. The minimum atomic E-state index is -0.604. The highest BCUT2D eigenvalue weighted by Crippen LogP contribution is 2.26. The van der Waals surface area contributed by atoms with Crippen molar-refractivity contribution in [3.63, 3.8) is 0 Å². The van der Waals surface area contributed by atoms with Crippen molar-refractivity contribution in [2.45, 2.75) is 123 Å². The molecule has 0 aliphatic heterocycles. The van der Waals surface area contributed by atoms with Gasteiger partial charge in [0.1, 0.15) is 17.3 Å². The second kappa shape index (κ2) is 68.7. The number of hydrogen-bond acceptors (Lipinski definition) is 24. The first-order chi connectivity index (χ1) is 46.5. The van der Waals surface area contributed by atoms with Crippen molar-refractivity contribution in [2.75, 3.05) is 240 Å². The summed E-state index contributed by atoms with van der Waals surface area (Å²) in [5.41, 5.74) is -1.04. The maximum absolute atomic E-state index is 12.5. The summed E-state index contributed by atoms with van der Waals surface area (Å²) in [5.74, 6) is -0.576. The molecule has 0 fully saturated rings. The second-order valence-electron chi connectivity index (χ2n) is 22.6. The summed E-state index contributed by atoms with van der Waals surface area (Å²) in [7, 11) is 9.50. The molecule has 0 aliphatic rings. The van der Waals surface area contributed by atoms with Gasteiger partial charge in [-0.25, -0.2) is 0 Å². The number of ketones is 3. The molecule has 6 amide bonds. The molecular formula is C66H124N6O24. The van der Waals surface area contributed by atoms with E-state index in [2.05, 4.69) is 31.9 Å². The van der Waals surface area contributed by atoms with E-state index >= 15 is 0 Å². The lowest BCUT2D eigenvalue weighted by Crippen LogP contribution is -2.38. The monoisotopic (exact) mass is 1380 g/mol. The Balaban J connectivity index is 0. The van der Waals surface area contributed by atoms with E-state index in [1.54, 1.807) is 42.7 Å². The topological polar surface area (TPSA) is 364 Å². The van der Waals surface area contributed by atoms with Gasteiger partial charge in [0.05, 0.1) is 139 Å². The molecule has 0 bridgehead atoms. The van der Waals surface area contributed by atoms with Crippen molar-refractivity contribution in [3.8, 4) is 0 Å². The van der Waals surface area contributed by atoms with Gasteiger partial charge in [-0.1, -0.05) is 13.8 Å². The number of carbonyl (C=O) groups excluding carboxylic acids is 9. The summed E-state index contributed by atoms with van der Waals surface area (Å²) in [6.07, 6.45) is 6.64. The van der Waals surface area contributed by atoms with Crippen LogP contribution in [0.15, 0.2) is 0 Å². The molecule has 0 aromatic carbocycles. The number of ether oxygens (including phenoxy) is 15. The zero-order chi connectivity index (χ0) is 71.3. The number of carbonyl (C=O) groups is 9. The van der Waals surface area contributed by atoms with Crippen LogP contribution < -0.4 is 31.9 Å². The Morgan fingerprint density at radius 2 is 0.427 bits per heavy atom. The Hall–Kier alpha value is -4.77. The highest BCUT2D eigenvalue weighted by Gasteiger charge is 2.32. The Morgan fingerprint density at radius 3 is 0.656 bits per heavy atom. The van der Waals surface area contributed by atoms with Gasteiger partial charge in [-0.2, -0.15) is 0 Å². The molecule has 0 atom stereocenters. The molecule has 0 saturated carbocycles. The molecule has 0 rings (SSSR count). The van der Waals surface area contributed by atoms with Gasteiger partial charge in [-0.15, -0.1) is 0 Å². The van der Waals surface area contributed by atoms with Crippen molar-refractivity contribution in [2.24, 2.45) is 10.8 Å². The lowest BCUT2D eigenvalue weighted by molar-refractivity contribution is -0.126. The number of methoxy groups -OCH3 is 6. The minimum Gasteiger partial charge on any atom is -0.385 e. The normalized spacial score (nSPS) is 11.4. The molecule has 0 aromatic rings. The molecule has 6 N–H and O–H groups in total. The average molecular weight is 1390 g/mol. The molecule has 0 aromatic heterocycles. The van der Waals surface area contributed by atoms with Crippen LogP contribution in [0, 0.1) is 10.8 Å². The van der Waals surface area contributed by atoms with E-state index in [1.807, 2.05) is 13.8 Å². The highest BCUT2D eigenvalue weighted by atomic mass is 16.5. The SMILES string of the molecule is CCC(COCCC(=O)CCCOC)(COCCC(=O)CCCOC)COCCC(=O)NCCOC.CCC(COCCC(=O)CCCOCCC(=O)NCCOC)(COCCC(=O)NCCOCCC(=O)NCCOC)COCCC(=O)NCCOCCC(=O)NCCOC. The van der Waals surface area contributed by atoms with E-state index in [9.17, 15) is 43.2 Å². The van der Waals surface area contributed by atoms with E-state index in [4.69, 9.17) is 71.1 Å². The molecule has 30 heteroatoms. The van der Waals surface area contributed by atoms with Gasteiger partial charge in [0.15, 0.2) is 0 Å². The van der Waals surface area contributed by atoms with Gasteiger partial charge >= 0.3 is 0 Å². The summed E-state index contributed by atoms with van der Waals surface area (Å²) in [5, 5.41) is 16.4. The zero-order valence-electron chi connectivity index (χ0n) is 59.5. The third-order valence-electron chi connectivity index (χ3n) is 14.4. The number of nitrogens with one attached hydrogen (secondary N) is 6. The van der Waals surface area contributed by atoms with Crippen molar-refractivity contribution in [3.05, 3.63) is 0 Å². The summed E-state index contributed by atoms with van der Waals surface area (Å²) in [6.45, 7) is 14.1. The first-order valence-electron chi connectivity index (χ1n) is 33.8. The molecular weight excluding hydrogens is 1260 g/mol. The van der Waals surface area contributed by atoms with Crippen molar-refractivity contribution < 1.29 is 114 Å². The second-order valence-corrected chi connectivity index (χ2v) is 22.6. The van der Waals surface area contributed by atoms with Crippen LogP contribution in [0.1, 0.15) is 123 Å². The van der Waals surface area contributed by atoms with Gasteiger partial charge in [-0.3, -0.25) is 43.2 Å². The first kappa shape index (κ1) is 93.3. The van der Waals surface area contributed by atoms with Gasteiger partial charge in [0.25, 0.3) is 0 Å². The van der Waals surface area contributed by atoms with Gasteiger partial charge in [-0.05, 0) is 32.1 Å². The van der Waals surface area contributed by atoms with Crippen LogP contribution in [0.2, 0.25) is 0 Å². The van der Waals surface area contributed by atoms with Crippen LogP contribution in [-0.4, -0.2) is 293 Å². The molecule has 0 radical (unpaired) electrons. The largest absolute Gasteiger partial charge is 0.385 e. The average Bonchev–Trinajstić information content (AvgIpc) is 1.07. The number of Topliss-reactive ketones (excluding diaryl/α,β-unsaturated/α-hetero) is 3. The quantitative estimate of drug-likeness (QED) is 0.0475. The lowest BCUT2D eigenvalue weighted by Gasteiger charge is -2.32. The van der Waals surface area contributed by atoms with Crippen molar-refractivity contribution in [1.82, 2.24) is 31.9 Å². The maximum Gasteiger partial charge on any atom is 0.222 e. The molecule has 0 saturated heterocycles. The summed E-state index contributed by atoms with van der Waals surface area (Å²) in [6, 6.07) is 0. The number of rotatable bonds is 71. The Kier molecular flexibility index (Phi) is 66.8. The third kappa shape index (κ3) is 61.6. The minimum absolute atomic E-state index is 0.0326. The third-order valence-corrected chi connectivity index (χ3v) is 14.4. The predicted molar refractivity (Wildman–Crippen MR) is 356 cm³/mol. The lowest BCUT2D eigenvalue weighted by atomic mass is 9.88. The molecule has 96 heavy (non-hydrogen) atoms. The molecule has 0 heterocycles. The van der Waals surface area contributed by atoms with Gasteiger partial charge in [0.2, 0.25) is 35.4 Å². The van der Waals surface area contributed by atoms with E-state index < -0.39 is 10.8 Å². The summed E-state index contributed by atoms with van der Waals surface area (Å²) < 4.78 is 81.3. The highest BCUT2D eigenvalue weighted by molar-refractivity contribution is 5.80. The van der Waals surface area contributed by atoms with Crippen LogP contribution in [0.25, 0.3) is 0 Å². The van der Waals surface area contributed by atoms with E-state index in [0.29, 0.717) is 176 Å². The molecule has 30 nitrogen and oxygen atoms in total. The van der Waals surface area contributed by atoms with Gasteiger partial charge < -0.3 is 103 Å². The summed E-state index contributed by atoms with van der Waals surface area (Å²) in [4.78, 5) is 108. The Labute approximate surface area is 571 Å². The fourth-order valence-corrected chi connectivity index (χ4v) is 8.25.